The highest BCUT2D eigenvalue weighted by Crippen LogP contribution is 2.24. The predicted molar refractivity (Wildman–Crippen MR) is 62.7 cm³/mol. The topological polar surface area (TPSA) is 46.5 Å². The number of carbonyl (C=O) groups is 1. The molecule has 1 N–H and O–H groups in total. The van der Waals surface area contributed by atoms with Crippen LogP contribution in [0.3, 0.4) is 0 Å². The Morgan fingerprint density at radius 2 is 2.12 bits per heavy atom. The first-order valence-corrected chi connectivity index (χ1v) is 5.26. The monoisotopic (exact) mass is 222 g/mol. The average Bonchev–Trinajstić information content (AvgIpc) is 2.17. The van der Waals surface area contributed by atoms with Gasteiger partial charge in [0, 0.05) is 12.5 Å². The lowest BCUT2D eigenvalue weighted by atomic mass is 9.84. The van der Waals surface area contributed by atoms with Crippen molar-refractivity contribution in [1.82, 2.24) is 0 Å². The van der Waals surface area contributed by atoms with Gasteiger partial charge >= 0.3 is 5.97 Å². The molecule has 3 heteroatoms. The Bertz CT molecular complexity index is 369. The third-order valence-corrected chi connectivity index (χ3v) is 2.57. The van der Waals surface area contributed by atoms with E-state index in [0.29, 0.717) is 6.61 Å². The number of carboxylic acids is 1. The van der Waals surface area contributed by atoms with Gasteiger partial charge in [-0.1, -0.05) is 38.1 Å². The Balaban J connectivity index is 2.93. The molecule has 0 radical (unpaired) electrons. The molecule has 0 fully saturated rings. The van der Waals surface area contributed by atoms with Gasteiger partial charge in [0.2, 0.25) is 0 Å². The zero-order chi connectivity index (χ0) is 12.2. The standard InChI is InChI=1S/C13H18O3/c1-13(2,9-16-3)11-6-4-5-10(7-11)8-12(14)15/h4-7H,8-9H2,1-3H3,(H,14,15). The van der Waals surface area contributed by atoms with Crippen LogP contribution in [0.2, 0.25) is 0 Å². The summed E-state index contributed by atoms with van der Waals surface area (Å²) in [5.41, 5.74) is 1.84. The van der Waals surface area contributed by atoms with Gasteiger partial charge in [-0.2, -0.15) is 0 Å². The molecule has 1 aromatic rings. The molecule has 1 aromatic carbocycles. The number of carboxylic acid groups (broad SMARTS) is 1. The molecule has 0 saturated carbocycles. The number of aliphatic carboxylic acids is 1. The molecule has 0 atom stereocenters. The minimum atomic E-state index is -0.804. The molecule has 0 aliphatic carbocycles. The fraction of sp³-hybridized carbons (Fsp3) is 0.462. The van der Waals surface area contributed by atoms with Crippen LogP contribution in [0.15, 0.2) is 24.3 Å². The number of hydrogen-bond donors (Lipinski definition) is 1. The number of ether oxygens (including phenoxy) is 1. The van der Waals surface area contributed by atoms with Crippen molar-refractivity contribution in [1.29, 1.82) is 0 Å². The van der Waals surface area contributed by atoms with Gasteiger partial charge in [0.1, 0.15) is 0 Å². The summed E-state index contributed by atoms with van der Waals surface area (Å²) in [7, 11) is 1.67. The molecule has 0 bridgehead atoms. The Labute approximate surface area is 96.1 Å². The normalized spacial score (nSPS) is 11.4. The quantitative estimate of drug-likeness (QED) is 0.831. The molecule has 0 heterocycles. The highest BCUT2D eigenvalue weighted by molar-refractivity contribution is 5.70. The van der Waals surface area contributed by atoms with E-state index in [1.54, 1.807) is 7.11 Å². The third kappa shape index (κ3) is 3.35. The minimum Gasteiger partial charge on any atom is -0.481 e. The fourth-order valence-corrected chi connectivity index (χ4v) is 1.72. The van der Waals surface area contributed by atoms with Crippen LogP contribution in [0.5, 0.6) is 0 Å². The highest BCUT2D eigenvalue weighted by Gasteiger charge is 2.20. The Morgan fingerprint density at radius 1 is 1.44 bits per heavy atom. The van der Waals surface area contributed by atoms with Gasteiger partial charge in [-0.3, -0.25) is 4.79 Å². The van der Waals surface area contributed by atoms with Crippen LogP contribution in [-0.4, -0.2) is 24.8 Å². The van der Waals surface area contributed by atoms with E-state index in [0.717, 1.165) is 11.1 Å². The first-order valence-electron chi connectivity index (χ1n) is 5.26. The second-order valence-corrected chi connectivity index (χ2v) is 4.59. The number of benzene rings is 1. The van der Waals surface area contributed by atoms with Crippen molar-refractivity contribution in [3.8, 4) is 0 Å². The Kier molecular flexibility index (Phi) is 4.07. The molecule has 88 valence electrons. The zero-order valence-electron chi connectivity index (χ0n) is 9.99. The summed E-state index contributed by atoms with van der Waals surface area (Å²) in [6.07, 6.45) is 0.0664. The summed E-state index contributed by atoms with van der Waals surface area (Å²) < 4.78 is 5.17. The van der Waals surface area contributed by atoms with Gasteiger partial charge in [-0.15, -0.1) is 0 Å². The molecule has 0 aromatic heterocycles. The summed E-state index contributed by atoms with van der Waals surface area (Å²) in [6, 6.07) is 7.67. The van der Waals surface area contributed by atoms with E-state index in [4.69, 9.17) is 9.84 Å². The van der Waals surface area contributed by atoms with Gasteiger partial charge in [0.25, 0.3) is 0 Å². The van der Waals surface area contributed by atoms with Crippen LogP contribution in [0.25, 0.3) is 0 Å². The van der Waals surface area contributed by atoms with Crippen LogP contribution in [0, 0.1) is 0 Å². The zero-order valence-corrected chi connectivity index (χ0v) is 9.99. The molecule has 3 nitrogen and oxygen atoms in total. The van der Waals surface area contributed by atoms with Gasteiger partial charge in [0.15, 0.2) is 0 Å². The van der Waals surface area contributed by atoms with Gasteiger partial charge < -0.3 is 9.84 Å². The van der Waals surface area contributed by atoms with Crippen molar-refractivity contribution >= 4 is 5.97 Å². The lowest BCUT2D eigenvalue weighted by Crippen LogP contribution is -2.23. The molecule has 0 aliphatic heterocycles. The van der Waals surface area contributed by atoms with E-state index in [1.165, 1.54) is 0 Å². The number of rotatable bonds is 5. The molecule has 0 saturated heterocycles. The summed E-state index contributed by atoms with van der Waals surface area (Å²) in [6.45, 7) is 4.77. The van der Waals surface area contributed by atoms with Gasteiger partial charge in [-0.05, 0) is 11.1 Å². The van der Waals surface area contributed by atoms with Crippen molar-refractivity contribution in [3.63, 3.8) is 0 Å². The third-order valence-electron chi connectivity index (χ3n) is 2.57. The molecular formula is C13H18O3. The average molecular weight is 222 g/mol. The Morgan fingerprint density at radius 3 is 2.69 bits per heavy atom. The van der Waals surface area contributed by atoms with Crippen molar-refractivity contribution in [2.24, 2.45) is 0 Å². The smallest absolute Gasteiger partial charge is 0.307 e. The van der Waals surface area contributed by atoms with Crippen molar-refractivity contribution < 1.29 is 14.6 Å². The molecular weight excluding hydrogens is 204 g/mol. The van der Waals surface area contributed by atoms with E-state index in [9.17, 15) is 4.79 Å². The summed E-state index contributed by atoms with van der Waals surface area (Å²) in [5, 5.41) is 8.74. The fourth-order valence-electron chi connectivity index (χ4n) is 1.72. The maximum absolute atomic E-state index is 10.6. The molecule has 16 heavy (non-hydrogen) atoms. The summed E-state index contributed by atoms with van der Waals surface area (Å²) in [4.78, 5) is 10.6. The highest BCUT2D eigenvalue weighted by atomic mass is 16.5. The van der Waals surface area contributed by atoms with Crippen molar-refractivity contribution in [2.75, 3.05) is 13.7 Å². The molecule has 0 aliphatic rings. The van der Waals surface area contributed by atoms with Crippen molar-refractivity contribution in [3.05, 3.63) is 35.4 Å². The second-order valence-electron chi connectivity index (χ2n) is 4.59. The van der Waals surface area contributed by atoms with Crippen LogP contribution in [0.1, 0.15) is 25.0 Å². The van der Waals surface area contributed by atoms with Crippen LogP contribution in [-0.2, 0) is 21.4 Å². The minimum absolute atomic E-state index is 0.0664. The molecule has 0 unspecified atom stereocenters. The SMILES string of the molecule is COCC(C)(C)c1cccc(CC(=O)O)c1. The predicted octanol–water partition coefficient (Wildman–Crippen LogP) is 2.24. The summed E-state index contributed by atoms with van der Waals surface area (Å²) >= 11 is 0. The molecule has 0 spiro atoms. The van der Waals surface area contributed by atoms with E-state index in [-0.39, 0.29) is 11.8 Å². The largest absolute Gasteiger partial charge is 0.481 e. The van der Waals surface area contributed by atoms with Crippen LogP contribution >= 0.6 is 0 Å². The van der Waals surface area contributed by atoms with Crippen LogP contribution < -0.4 is 0 Å². The maximum Gasteiger partial charge on any atom is 0.307 e. The number of hydrogen-bond acceptors (Lipinski definition) is 2. The first-order chi connectivity index (χ1) is 7.45. The van der Waals surface area contributed by atoms with Crippen molar-refractivity contribution in [2.45, 2.75) is 25.7 Å². The Hall–Kier alpha value is -1.35. The second kappa shape index (κ2) is 5.12. The lowest BCUT2D eigenvalue weighted by Gasteiger charge is -2.24. The van der Waals surface area contributed by atoms with Gasteiger partial charge in [-0.25, -0.2) is 0 Å². The number of methoxy groups -OCH3 is 1. The van der Waals surface area contributed by atoms with E-state index in [2.05, 4.69) is 13.8 Å². The summed E-state index contributed by atoms with van der Waals surface area (Å²) in [5.74, 6) is -0.804. The molecule has 1 rings (SSSR count). The maximum atomic E-state index is 10.6. The molecule has 0 amide bonds. The van der Waals surface area contributed by atoms with E-state index in [1.807, 2.05) is 24.3 Å². The van der Waals surface area contributed by atoms with Crippen LogP contribution in [0.4, 0.5) is 0 Å². The lowest BCUT2D eigenvalue weighted by molar-refractivity contribution is -0.136. The first kappa shape index (κ1) is 12.7. The van der Waals surface area contributed by atoms with Gasteiger partial charge in [0.05, 0.1) is 13.0 Å². The van der Waals surface area contributed by atoms with E-state index < -0.39 is 5.97 Å². The van der Waals surface area contributed by atoms with E-state index >= 15 is 0 Å².